The maximum atomic E-state index is 6.59. The van der Waals surface area contributed by atoms with Crippen LogP contribution in [0.4, 0.5) is 0 Å². The van der Waals surface area contributed by atoms with Crippen LogP contribution in [0.3, 0.4) is 0 Å². The van der Waals surface area contributed by atoms with Gasteiger partial charge in [0.05, 0.1) is 6.61 Å². The third kappa shape index (κ3) is 4.73. The Morgan fingerprint density at radius 2 is 1.23 bits per heavy atom. The smallest absolute Gasteiger partial charge is 0.165 e. The zero-order valence-corrected chi connectivity index (χ0v) is 18.7. The summed E-state index contributed by atoms with van der Waals surface area (Å²) in [6.45, 7) is 7.47. The highest BCUT2D eigenvalue weighted by Gasteiger charge is 2.44. The number of nitrogens with zero attached hydrogens (tertiary/aromatic N) is 2. The van der Waals surface area contributed by atoms with Crippen LogP contribution in [0.15, 0.2) is 91.0 Å². The molecule has 2 aliphatic heterocycles. The number of piperazine rings is 1. The molecule has 0 N–H and O–H groups in total. The number of ether oxygens (including phenoxy) is 1. The average molecular weight is 431 g/mol. The maximum Gasteiger partial charge on any atom is 0.165 e. The summed E-state index contributed by atoms with van der Waals surface area (Å²) in [6.07, 6.45) is 0. The molecule has 3 aromatic carbocycles. The van der Waals surface area contributed by atoms with E-state index in [9.17, 15) is 0 Å². The van der Waals surface area contributed by atoms with E-state index in [1.165, 1.54) is 16.7 Å². The second-order valence-corrected chi connectivity index (χ2v) is 9.94. The molecule has 4 heteroatoms. The first-order chi connectivity index (χ1) is 15.3. The van der Waals surface area contributed by atoms with Crippen molar-refractivity contribution >= 4 is 11.8 Å². The van der Waals surface area contributed by atoms with Gasteiger partial charge in [-0.2, -0.15) is 0 Å². The van der Waals surface area contributed by atoms with Gasteiger partial charge in [-0.15, -0.1) is 11.8 Å². The molecule has 1 unspecified atom stereocenters. The highest BCUT2D eigenvalue weighted by Crippen LogP contribution is 2.50. The molecule has 5 rings (SSSR count). The first-order valence-electron chi connectivity index (χ1n) is 11.2. The fourth-order valence-electron chi connectivity index (χ4n) is 4.65. The van der Waals surface area contributed by atoms with E-state index < -0.39 is 4.93 Å². The molecule has 160 valence electrons. The lowest BCUT2D eigenvalue weighted by molar-refractivity contribution is 0.0650. The predicted octanol–water partition coefficient (Wildman–Crippen LogP) is 4.84. The summed E-state index contributed by atoms with van der Waals surface area (Å²) in [5.74, 6) is 0. The second kappa shape index (κ2) is 9.58. The van der Waals surface area contributed by atoms with E-state index in [1.54, 1.807) is 0 Å². The van der Waals surface area contributed by atoms with E-state index in [2.05, 4.69) is 101 Å². The van der Waals surface area contributed by atoms with Gasteiger partial charge < -0.3 is 4.74 Å². The van der Waals surface area contributed by atoms with E-state index in [4.69, 9.17) is 4.74 Å². The van der Waals surface area contributed by atoms with Crippen LogP contribution in [0.1, 0.15) is 16.7 Å². The Morgan fingerprint density at radius 3 is 1.81 bits per heavy atom. The summed E-state index contributed by atoms with van der Waals surface area (Å²) < 4.78 is 6.59. The summed E-state index contributed by atoms with van der Waals surface area (Å²) in [6, 6.07) is 32.2. The van der Waals surface area contributed by atoms with Gasteiger partial charge in [0.15, 0.2) is 4.93 Å². The topological polar surface area (TPSA) is 15.7 Å². The highest BCUT2D eigenvalue weighted by molar-refractivity contribution is 8.01. The second-order valence-electron chi connectivity index (χ2n) is 8.46. The number of hydrogen-bond acceptors (Lipinski definition) is 4. The fourth-order valence-corrected chi connectivity index (χ4v) is 6.22. The van der Waals surface area contributed by atoms with Crippen molar-refractivity contribution in [3.05, 3.63) is 108 Å². The molecule has 0 amide bonds. The Bertz CT molecular complexity index is 903. The van der Waals surface area contributed by atoms with Gasteiger partial charge in [-0.05, 0) is 16.7 Å². The van der Waals surface area contributed by atoms with E-state index in [0.29, 0.717) is 5.25 Å². The van der Waals surface area contributed by atoms with Crippen molar-refractivity contribution < 1.29 is 4.74 Å². The van der Waals surface area contributed by atoms with E-state index >= 15 is 0 Å². The van der Waals surface area contributed by atoms with Crippen LogP contribution in [-0.2, 0) is 16.2 Å². The Balaban J connectivity index is 1.22. The van der Waals surface area contributed by atoms with Crippen LogP contribution in [0.2, 0.25) is 0 Å². The Hall–Kier alpha value is -2.11. The highest BCUT2D eigenvalue weighted by atomic mass is 32.2. The standard InChI is InChI=1S/C27H30N2OS/c1-4-10-23(11-5-1)20-28-16-18-29(19-17-28)21-26-22-30-27(31-26,24-12-6-2-7-13-24)25-14-8-3-9-15-25/h1-15,26H,16-22H2. The minimum absolute atomic E-state index is 0.400. The van der Waals surface area contributed by atoms with Gasteiger partial charge in [0, 0.05) is 44.5 Å². The zero-order valence-electron chi connectivity index (χ0n) is 17.9. The van der Waals surface area contributed by atoms with Crippen LogP contribution >= 0.6 is 11.8 Å². The molecule has 3 aromatic rings. The molecule has 2 saturated heterocycles. The normalized spacial score (nSPS) is 21.9. The van der Waals surface area contributed by atoms with Gasteiger partial charge in [-0.3, -0.25) is 9.80 Å². The van der Waals surface area contributed by atoms with Crippen molar-refractivity contribution in [2.45, 2.75) is 16.7 Å². The Labute approximate surface area is 190 Å². The third-order valence-electron chi connectivity index (χ3n) is 6.29. The van der Waals surface area contributed by atoms with Crippen molar-refractivity contribution in [3.8, 4) is 0 Å². The first kappa shape index (κ1) is 20.8. The van der Waals surface area contributed by atoms with Crippen LogP contribution in [0, 0.1) is 0 Å². The minimum atomic E-state index is -0.400. The van der Waals surface area contributed by atoms with Crippen molar-refractivity contribution in [1.29, 1.82) is 0 Å². The lowest BCUT2D eigenvalue weighted by Gasteiger charge is -2.36. The minimum Gasteiger partial charge on any atom is -0.355 e. The monoisotopic (exact) mass is 430 g/mol. The summed E-state index contributed by atoms with van der Waals surface area (Å²) in [4.78, 5) is 4.79. The molecule has 31 heavy (non-hydrogen) atoms. The maximum absolute atomic E-state index is 6.59. The van der Waals surface area contributed by atoms with E-state index in [0.717, 1.165) is 45.9 Å². The van der Waals surface area contributed by atoms with Crippen molar-refractivity contribution in [2.75, 3.05) is 39.3 Å². The number of benzene rings is 3. The molecule has 2 fully saturated rings. The molecule has 0 spiro atoms. The van der Waals surface area contributed by atoms with Gasteiger partial charge in [0.1, 0.15) is 0 Å². The Morgan fingerprint density at radius 1 is 0.710 bits per heavy atom. The summed E-state index contributed by atoms with van der Waals surface area (Å²) in [5.41, 5.74) is 3.88. The van der Waals surface area contributed by atoms with Crippen LogP contribution in [0.25, 0.3) is 0 Å². The molecule has 0 aromatic heterocycles. The van der Waals surface area contributed by atoms with Crippen LogP contribution in [-0.4, -0.2) is 54.4 Å². The molecular formula is C27H30N2OS. The van der Waals surface area contributed by atoms with E-state index in [1.807, 2.05) is 11.8 Å². The van der Waals surface area contributed by atoms with Crippen LogP contribution in [0.5, 0.6) is 0 Å². The van der Waals surface area contributed by atoms with Crippen molar-refractivity contribution in [2.24, 2.45) is 0 Å². The Kier molecular flexibility index (Phi) is 6.42. The number of thioether (sulfide) groups is 1. The summed E-state index contributed by atoms with van der Waals surface area (Å²) in [7, 11) is 0. The largest absolute Gasteiger partial charge is 0.355 e. The average Bonchev–Trinajstić information content (AvgIpc) is 3.27. The molecule has 0 saturated carbocycles. The molecule has 0 bridgehead atoms. The summed E-state index contributed by atoms with van der Waals surface area (Å²) >= 11 is 1.98. The summed E-state index contributed by atoms with van der Waals surface area (Å²) in [5, 5.41) is 0.473. The zero-order chi connectivity index (χ0) is 20.9. The fraction of sp³-hybridized carbons (Fsp3) is 0.333. The third-order valence-corrected chi connectivity index (χ3v) is 7.83. The predicted molar refractivity (Wildman–Crippen MR) is 129 cm³/mol. The quantitative estimate of drug-likeness (QED) is 0.556. The molecule has 0 radical (unpaired) electrons. The lowest BCUT2D eigenvalue weighted by Crippen LogP contribution is -2.47. The molecule has 0 aliphatic carbocycles. The number of hydrogen-bond donors (Lipinski definition) is 0. The van der Waals surface area contributed by atoms with Gasteiger partial charge in [0.25, 0.3) is 0 Å². The van der Waals surface area contributed by atoms with Gasteiger partial charge in [0.2, 0.25) is 0 Å². The molecule has 1 atom stereocenters. The van der Waals surface area contributed by atoms with Crippen molar-refractivity contribution in [3.63, 3.8) is 0 Å². The molecule has 2 aliphatic rings. The van der Waals surface area contributed by atoms with Gasteiger partial charge in [-0.25, -0.2) is 0 Å². The van der Waals surface area contributed by atoms with E-state index in [-0.39, 0.29) is 0 Å². The van der Waals surface area contributed by atoms with Gasteiger partial charge in [-0.1, -0.05) is 91.0 Å². The van der Waals surface area contributed by atoms with Gasteiger partial charge >= 0.3 is 0 Å². The molecule has 3 nitrogen and oxygen atoms in total. The lowest BCUT2D eigenvalue weighted by atomic mass is 10.0. The first-order valence-corrected chi connectivity index (χ1v) is 12.1. The number of rotatable bonds is 6. The molecule has 2 heterocycles. The van der Waals surface area contributed by atoms with Crippen molar-refractivity contribution in [1.82, 2.24) is 9.80 Å². The molecular weight excluding hydrogens is 400 g/mol. The van der Waals surface area contributed by atoms with Crippen LogP contribution < -0.4 is 0 Å². The SMILES string of the molecule is c1ccc(CN2CCN(CC3COC(c4ccccc4)(c4ccccc4)S3)CC2)cc1.